The predicted octanol–water partition coefficient (Wildman–Crippen LogP) is 14.1. The number of benzene rings is 6. The Morgan fingerprint density at radius 3 is 1.88 bits per heavy atom. The average molecular weight is 681 g/mol. The lowest BCUT2D eigenvalue weighted by Gasteiger charge is -2.12. The predicted molar refractivity (Wildman–Crippen MR) is 226 cm³/mol. The SMILES string of the molecule is C=C(C=N/C=C\C)C(C)=Nc1ccccc1C.Cc1ccc(C)cc1.Cc1ccccc1-c1cc(-c2cccc3c2oc2ccccc23)ccc1C. The Balaban J connectivity index is 0.000000178. The molecule has 0 fully saturated rings. The van der Waals surface area contributed by atoms with Crippen LogP contribution in [0.1, 0.15) is 41.7 Å². The molecule has 0 radical (unpaired) electrons. The highest BCUT2D eigenvalue weighted by molar-refractivity contribution is 6.15. The second kappa shape index (κ2) is 17.7. The summed E-state index contributed by atoms with van der Waals surface area (Å²) in [5.41, 5.74) is 15.9. The summed E-state index contributed by atoms with van der Waals surface area (Å²) < 4.78 is 6.24. The summed E-state index contributed by atoms with van der Waals surface area (Å²) in [7, 11) is 0. The summed E-state index contributed by atoms with van der Waals surface area (Å²) in [4.78, 5) is 8.63. The molecule has 3 nitrogen and oxygen atoms in total. The molecule has 0 unspecified atom stereocenters. The van der Waals surface area contributed by atoms with Gasteiger partial charge in [0.05, 0.1) is 5.69 Å². The summed E-state index contributed by atoms with van der Waals surface area (Å²) in [5.74, 6) is 0. The molecule has 0 saturated carbocycles. The zero-order valence-corrected chi connectivity index (χ0v) is 31.4. The summed E-state index contributed by atoms with van der Waals surface area (Å²) in [6.07, 6.45) is 5.32. The highest BCUT2D eigenvalue weighted by Gasteiger charge is 2.13. The minimum absolute atomic E-state index is 0.825. The van der Waals surface area contributed by atoms with Gasteiger partial charge in [-0.05, 0) is 100 Å². The number of hydrogen-bond acceptors (Lipinski definition) is 3. The lowest BCUT2D eigenvalue weighted by molar-refractivity contribution is 0.670. The fourth-order valence-electron chi connectivity index (χ4n) is 5.82. The third-order valence-electron chi connectivity index (χ3n) is 8.94. The number of rotatable bonds is 6. The second-order valence-corrected chi connectivity index (χ2v) is 13.0. The average Bonchev–Trinajstić information content (AvgIpc) is 3.54. The van der Waals surface area contributed by atoms with Crippen LogP contribution in [0.3, 0.4) is 0 Å². The molecule has 7 aromatic rings. The monoisotopic (exact) mass is 680 g/mol. The summed E-state index contributed by atoms with van der Waals surface area (Å²) >= 11 is 0. The topological polar surface area (TPSA) is 37.9 Å². The number of aryl methyl sites for hydroxylation is 5. The molecule has 0 aliphatic rings. The molecule has 3 heteroatoms. The first kappa shape index (κ1) is 37.2. The zero-order valence-electron chi connectivity index (χ0n) is 31.4. The minimum atomic E-state index is 0.825. The van der Waals surface area contributed by atoms with E-state index in [-0.39, 0.29) is 0 Å². The maximum Gasteiger partial charge on any atom is 0.143 e. The van der Waals surface area contributed by atoms with E-state index in [0.717, 1.165) is 39.3 Å². The van der Waals surface area contributed by atoms with Crippen molar-refractivity contribution in [3.63, 3.8) is 0 Å². The first-order chi connectivity index (χ1) is 25.2. The largest absolute Gasteiger partial charge is 0.455 e. The van der Waals surface area contributed by atoms with E-state index in [2.05, 4.69) is 141 Å². The third kappa shape index (κ3) is 9.38. The fraction of sp³-hybridized carbons (Fsp3) is 0.143. The number of fused-ring (bicyclic) bond motifs is 3. The van der Waals surface area contributed by atoms with Gasteiger partial charge in [-0.1, -0.05) is 139 Å². The molecule has 6 aromatic carbocycles. The molecule has 0 atom stereocenters. The van der Waals surface area contributed by atoms with Crippen molar-refractivity contribution in [2.45, 2.75) is 48.5 Å². The van der Waals surface area contributed by atoms with Crippen molar-refractivity contribution in [3.8, 4) is 22.3 Å². The lowest BCUT2D eigenvalue weighted by atomic mass is 9.92. The Morgan fingerprint density at radius 1 is 0.596 bits per heavy atom. The van der Waals surface area contributed by atoms with E-state index >= 15 is 0 Å². The number of furan rings is 1. The van der Waals surface area contributed by atoms with Crippen molar-refractivity contribution < 1.29 is 4.42 Å². The van der Waals surface area contributed by atoms with E-state index < -0.39 is 0 Å². The van der Waals surface area contributed by atoms with E-state index in [1.54, 1.807) is 12.4 Å². The number of hydrogen-bond donors (Lipinski definition) is 0. The molecule has 52 heavy (non-hydrogen) atoms. The molecule has 0 amide bonds. The van der Waals surface area contributed by atoms with Crippen molar-refractivity contribution in [2.75, 3.05) is 0 Å². The Bertz CT molecular complexity index is 2360. The van der Waals surface area contributed by atoms with Gasteiger partial charge in [-0.25, -0.2) is 0 Å². The van der Waals surface area contributed by atoms with Gasteiger partial charge in [-0.2, -0.15) is 0 Å². The maximum absolute atomic E-state index is 6.24. The Labute approximate surface area is 309 Å². The van der Waals surface area contributed by atoms with Gasteiger partial charge in [0, 0.05) is 40.0 Å². The molecule has 1 aromatic heterocycles. The smallest absolute Gasteiger partial charge is 0.143 e. The van der Waals surface area contributed by atoms with Gasteiger partial charge in [0.1, 0.15) is 11.2 Å². The lowest BCUT2D eigenvalue weighted by Crippen LogP contribution is -1.96. The van der Waals surface area contributed by atoms with E-state index in [1.165, 1.54) is 49.7 Å². The molecule has 7 rings (SSSR count). The van der Waals surface area contributed by atoms with Crippen LogP contribution in [0.2, 0.25) is 0 Å². The normalized spacial score (nSPS) is 11.4. The summed E-state index contributed by atoms with van der Waals surface area (Å²) in [5, 5.41) is 2.33. The quantitative estimate of drug-likeness (QED) is 0.161. The van der Waals surface area contributed by atoms with E-state index in [0.29, 0.717) is 0 Å². The molecular formula is C49H48N2O. The van der Waals surface area contributed by atoms with Gasteiger partial charge >= 0.3 is 0 Å². The first-order valence-electron chi connectivity index (χ1n) is 17.7. The van der Waals surface area contributed by atoms with Crippen LogP contribution in [0.25, 0.3) is 44.2 Å². The highest BCUT2D eigenvalue weighted by Crippen LogP contribution is 2.38. The third-order valence-corrected chi connectivity index (χ3v) is 8.94. The van der Waals surface area contributed by atoms with Crippen LogP contribution >= 0.6 is 0 Å². The standard InChI is InChI=1S/C26H20O.C15H18N2.C8H10/c1-17-8-3-4-9-20(17)24-16-19(15-14-18(24)2)21-11-7-12-23-22-10-5-6-13-25(22)27-26(21)23;1-5-10-16-11-13(3)14(4)17-15-9-7-6-8-12(15)2;1-7-3-5-8(2)6-4-7/h3-16H,1-2H3;5-11H,3H2,1-2,4H3;3-6H,1-2H3/b;10-5-,16-11?,17-14?;. The van der Waals surface area contributed by atoms with Gasteiger partial charge in [-0.15, -0.1) is 0 Å². The molecule has 0 N–H and O–H groups in total. The number of para-hydroxylation sites is 3. The van der Waals surface area contributed by atoms with Crippen LogP contribution in [0.15, 0.2) is 172 Å². The van der Waals surface area contributed by atoms with Gasteiger partial charge < -0.3 is 4.42 Å². The zero-order chi connectivity index (χ0) is 37.0. The fourth-order valence-corrected chi connectivity index (χ4v) is 5.82. The van der Waals surface area contributed by atoms with Gasteiger partial charge in [-0.3, -0.25) is 9.98 Å². The van der Waals surface area contributed by atoms with Crippen molar-refractivity contribution in [3.05, 3.63) is 186 Å². The van der Waals surface area contributed by atoms with Crippen LogP contribution in [0.4, 0.5) is 5.69 Å². The van der Waals surface area contributed by atoms with Crippen molar-refractivity contribution >= 4 is 39.6 Å². The van der Waals surface area contributed by atoms with Crippen LogP contribution in [-0.2, 0) is 0 Å². The molecule has 0 bridgehead atoms. The molecule has 0 aliphatic heterocycles. The first-order valence-corrected chi connectivity index (χ1v) is 17.7. The molecule has 0 aliphatic carbocycles. The molecule has 260 valence electrons. The highest BCUT2D eigenvalue weighted by atomic mass is 16.3. The minimum Gasteiger partial charge on any atom is -0.455 e. The van der Waals surface area contributed by atoms with Crippen molar-refractivity contribution in [1.82, 2.24) is 0 Å². The van der Waals surface area contributed by atoms with Crippen LogP contribution in [-0.4, -0.2) is 11.9 Å². The van der Waals surface area contributed by atoms with Crippen LogP contribution in [0.5, 0.6) is 0 Å². The van der Waals surface area contributed by atoms with Crippen LogP contribution in [0, 0.1) is 34.6 Å². The van der Waals surface area contributed by atoms with Crippen molar-refractivity contribution in [2.24, 2.45) is 9.98 Å². The van der Waals surface area contributed by atoms with Gasteiger partial charge in [0.25, 0.3) is 0 Å². The molecule has 0 saturated heterocycles. The van der Waals surface area contributed by atoms with E-state index in [9.17, 15) is 0 Å². The Morgan fingerprint density at radius 2 is 1.19 bits per heavy atom. The maximum atomic E-state index is 6.24. The summed E-state index contributed by atoms with van der Waals surface area (Å²) in [6, 6.07) is 46.4. The summed E-state index contributed by atoms with van der Waals surface area (Å²) in [6.45, 7) is 18.4. The molecular weight excluding hydrogens is 633 g/mol. The number of nitrogens with zero attached hydrogens (tertiary/aromatic N) is 2. The van der Waals surface area contributed by atoms with Gasteiger partial charge in [0.15, 0.2) is 0 Å². The molecule has 1 heterocycles. The molecule has 0 spiro atoms. The second-order valence-electron chi connectivity index (χ2n) is 13.0. The van der Waals surface area contributed by atoms with Crippen molar-refractivity contribution in [1.29, 1.82) is 0 Å². The van der Waals surface area contributed by atoms with Gasteiger partial charge in [0.2, 0.25) is 0 Å². The van der Waals surface area contributed by atoms with E-state index in [4.69, 9.17) is 4.42 Å². The Kier molecular flexibility index (Phi) is 12.7. The van der Waals surface area contributed by atoms with E-state index in [1.807, 2.05) is 63.2 Å². The Hall–Kier alpha value is -6.06. The number of allylic oxidation sites excluding steroid dienone is 2. The van der Waals surface area contributed by atoms with Crippen LogP contribution < -0.4 is 0 Å². The number of aliphatic imine (C=N–C) groups is 2.